The van der Waals surface area contributed by atoms with Gasteiger partial charge >= 0.3 is 0 Å². The molecular formula is C8H20N4O2. The lowest BCUT2D eigenvalue weighted by Gasteiger charge is -2.13. The van der Waals surface area contributed by atoms with Gasteiger partial charge in [0.2, 0.25) is 0 Å². The fourth-order valence-electron chi connectivity index (χ4n) is 0.673. The van der Waals surface area contributed by atoms with Gasteiger partial charge in [0.1, 0.15) is 0 Å². The summed E-state index contributed by atoms with van der Waals surface area (Å²) in [6.07, 6.45) is 0. The molecule has 0 amide bonds. The van der Waals surface area contributed by atoms with E-state index in [1.165, 1.54) is 0 Å². The maximum absolute atomic E-state index is 4.91. The second-order valence-corrected chi connectivity index (χ2v) is 2.93. The predicted octanol–water partition coefficient (Wildman–Crippen LogP) is 0.425. The number of nitrogens with zero attached hydrogens (tertiary/aromatic N) is 4. The van der Waals surface area contributed by atoms with Crippen LogP contribution in [0.4, 0.5) is 0 Å². The molecule has 0 aromatic rings. The van der Waals surface area contributed by atoms with Gasteiger partial charge in [0, 0.05) is 28.3 Å². The van der Waals surface area contributed by atoms with Crippen LogP contribution < -0.4 is 0 Å². The molecule has 0 aliphatic rings. The van der Waals surface area contributed by atoms with Crippen LogP contribution >= 0.6 is 0 Å². The van der Waals surface area contributed by atoms with Crippen LogP contribution in [0.3, 0.4) is 0 Å². The number of likely N-dealkylation sites (N-methyl/N-ethyl adjacent to an activating group) is 2. The number of methoxy groups -OCH3 is 2. The van der Waals surface area contributed by atoms with Crippen LogP contribution in [-0.4, -0.2) is 64.6 Å². The first kappa shape index (κ1) is 13.1. The van der Waals surface area contributed by atoms with Crippen LogP contribution in [0.25, 0.3) is 0 Å². The number of ether oxygens (including phenoxy) is 2. The van der Waals surface area contributed by atoms with Gasteiger partial charge in [0.05, 0.1) is 26.3 Å². The van der Waals surface area contributed by atoms with Crippen molar-refractivity contribution in [2.75, 3.05) is 54.6 Å². The van der Waals surface area contributed by atoms with Gasteiger partial charge in [-0.15, -0.1) is 0 Å². The minimum absolute atomic E-state index is 0.650. The van der Waals surface area contributed by atoms with Gasteiger partial charge in [-0.2, -0.15) is 0 Å². The van der Waals surface area contributed by atoms with Crippen LogP contribution in [0.15, 0.2) is 10.4 Å². The molecule has 0 fully saturated rings. The summed E-state index contributed by atoms with van der Waals surface area (Å²) >= 11 is 0. The van der Waals surface area contributed by atoms with Crippen molar-refractivity contribution in [2.24, 2.45) is 10.4 Å². The van der Waals surface area contributed by atoms with E-state index in [-0.39, 0.29) is 0 Å². The summed E-state index contributed by atoms with van der Waals surface area (Å²) in [6.45, 7) is 2.77. The lowest BCUT2D eigenvalue weighted by atomic mass is 10.7. The molecule has 0 aliphatic carbocycles. The Morgan fingerprint density at radius 1 is 0.857 bits per heavy atom. The molecule has 0 radical (unpaired) electrons. The Morgan fingerprint density at radius 2 is 1.21 bits per heavy atom. The molecule has 0 saturated heterocycles. The molecule has 0 aromatic heterocycles. The highest BCUT2D eigenvalue weighted by atomic mass is 16.5. The summed E-state index contributed by atoms with van der Waals surface area (Å²) in [5.74, 6) is 0. The minimum Gasteiger partial charge on any atom is -0.383 e. The molecule has 0 rings (SSSR count). The lowest BCUT2D eigenvalue weighted by molar-refractivity contribution is 0.136. The molecule has 0 aromatic carbocycles. The van der Waals surface area contributed by atoms with Crippen molar-refractivity contribution in [3.63, 3.8) is 0 Å². The minimum atomic E-state index is 0.650. The molecule has 0 unspecified atom stereocenters. The fourth-order valence-corrected chi connectivity index (χ4v) is 0.673. The highest BCUT2D eigenvalue weighted by Gasteiger charge is 1.94. The average Bonchev–Trinajstić information content (AvgIpc) is 2.20. The Morgan fingerprint density at radius 3 is 1.50 bits per heavy atom. The summed E-state index contributed by atoms with van der Waals surface area (Å²) in [7, 11) is 7.03. The van der Waals surface area contributed by atoms with Crippen LogP contribution in [0.1, 0.15) is 0 Å². The highest BCUT2D eigenvalue weighted by Crippen LogP contribution is 1.90. The summed E-state index contributed by atoms with van der Waals surface area (Å²) in [5.41, 5.74) is 0. The monoisotopic (exact) mass is 204 g/mol. The van der Waals surface area contributed by atoms with Gasteiger partial charge in [-0.1, -0.05) is 10.4 Å². The fraction of sp³-hybridized carbons (Fsp3) is 1.00. The third-order valence-electron chi connectivity index (χ3n) is 1.58. The van der Waals surface area contributed by atoms with Crippen molar-refractivity contribution in [1.82, 2.24) is 10.0 Å². The SMILES string of the molecule is COCCN(C)/N=N/N(C)CCOC. The van der Waals surface area contributed by atoms with Gasteiger partial charge in [-0.25, -0.2) is 0 Å². The van der Waals surface area contributed by atoms with Crippen molar-refractivity contribution in [1.29, 1.82) is 0 Å². The quantitative estimate of drug-likeness (QED) is 0.425. The predicted molar refractivity (Wildman–Crippen MR) is 53.9 cm³/mol. The van der Waals surface area contributed by atoms with Crippen molar-refractivity contribution < 1.29 is 9.47 Å². The Bertz CT molecular complexity index is 138. The second-order valence-electron chi connectivity index (χ2n) is 2.93. The van der Waals surface area contributed by atoms with Gasteiger partial charge in [-0.3, -0.25) is 10.0 Å². The van der Waals surface area contributed by atoms with Gasteiger partial charge in [0.25, 0.3) is 0 Å². The standard InChI is InChI=1S/C8H20N4O2/c1-11(5-7-13-3)9-10-12(2)6-8-14-4/h5-8H2,1-4H3/b10-9+. The van der Waals surface area contributed by atoms with E-state index in [0.717, 1.165) is 13.1 Å². The molecular weight excluding hydrogens is 184 g/mol. The third-order valence-corrected chi connectivity index (χ3v) is 1.58. The van der Waals surface area contributed by atoms with E-state index >= 15 is 0 Å². The third kappa shape index (κ3) is 7.75. The molecule has 6 heteroatoms. The van der Waals surface area contributed by atoms with Crippen molar-refractivity contribution in [3.05, 3.63) is 0 Å². The van der Waals surface area contributed by atoms with Crippen molar-refractivity contribution in [3.8, 4) is 0 Å². The van der Waals surface area contributed by atoms with Gasteiger partial charge < -0.3 is 9.47 Å². The summed E-state index contributed by atoms with van der Waals surface area (Å²) in [4.78, 5) is 0. The summed E-state index contributed by atoms with van der Waals surface area (Å²) in [5, 5.41) is 11.4. The first-order chi connectivity index (χ1) is 6.70. The first-order valence-electron chi connectivity index (χ1n) is 4.52. The van der Waals surface area contributed by atoms with Gasteiger partial charge in [-0.05, 0) is 0 Å². The van der Waals surface area contributed by atoms with E-state index in [4.69, 9.17) is 9.47 Å². The van der Waals surface area contributed by atoms with Crippen LogP contribution in [0.2, 0.25) is 0 Å². The largest absolute Gasteiger partial charge is 0.383 e. The Balaban J connectivity index is 3.56. The van der Waals surface area contributed by atoms with Gasteiger partial charge in [0.15, 0.2) is 0 Å². The molecule has 0 bridgehead atoms. The Labute approximate surface area is 85.4 Å². The molecule has 6 nitrogen and oxygen atoms in total. The number of hydrogen-bond donors (Lipinski definition) is 0. The highest BCUT2D eigenvalue weighted by molar-refractivity contribution is 4.41. The van der Waals surface area contributed by atoms with E-state index < -0.39 is 0 Å². The number of rotatable bonds is 8. The zero-order valence-electron chi connectivity index (χ0n) is 9.43. The zero-order valence-corrected chi connectivity index (χ0v) is 9.43. The van der Waals surface area contributed by atoms with Crippen LogP contribution in [0, 0.1) is 0 Å². The van der Waals surface area contributed by atoms with Crippen molar-refractivity contribution in [2.45, 2.75) is 0 Å². The Hall–Kier alpha value is -0.880. The second kappa shape index (κ2) is 8.71. The van der Waals surface area contributed by atoms with E-state index in [0.29, 0.717) is 13.2 Å². The van der Waals surface area contributed by atoms with E-state index in [9.17, 15) is 0 Å². The molecule has 0 heterocycles. The molecule has 14 heavy (non-hydrogen) atoms. The topological polar surface area (TPSA) is 49.7 Å². The number of hydrogen-bond acceptors (Lipinski definition) is 4. The zero-order chi connectivity index (χ0) is 10.8. The summed E-state index contributed by atoms with van der Waals surface area (Å²) in [6, 6.07) is 0. The maximum Gasteiger partial charge on any atom is 0.0655 e. The average molecular weight is 204 g/mol. The molecule has 84 valence electrons. The molecule has 0 saturated carbocycles. The van der Waals surface area contributed by atoms with Crippen LogP contribution in [-0.2, 0) is 9.47 Å². The van der Waals surface area contributed by atoms with E-state index in [1.807, 2.05) is 14.1 Å². The first-order valence-corrected chi connectivity index (χ1v) is 4.52. The smallest absolute Gasteiger partial charge is 0.0655 e. The molecule has 0 atom stereocenters. The maximum atomic E-state index is 4.91. The summed E-state index contributed by atoms with van der Waals surface area (Å²) < 4.78 is 9.81. The van der Waals surface area contributed by atoms with Crippen LogP contribution in [0.5, 0.6) is 0 Å². The molecule has 0 N–H and O–H groups in total. The normalized spacial score (nSPS) is 10.9. The lowest BCUT2D eigenvalue weighted by Crippen LogP contribution is -2.20. The van der Waals surface area contributed by atoms with E-state index in [2.05, 4.69) is 10.4 Å². The van der Waals surface area contributed by atoms with Crippen molar-refractivity contribution >= 4 is 0 Å². The molecule has 0 spiro atoms. The Kier molecular flexibility index (Phi) is 8.16. The van der Waals surface area contributed by atoms with E-state index in [1.54, 1.807) is 24.2 Å². The molecule has 0 aliphatic heterocycles.